The Bertz CT molecular complexity index is 979. The number of hydrogen-bond acceptors (Lipinski definition) is 4. The predicted molar refractivity (Wildman–Crippen MR) is 110 cm³/mol. The molecule has 0 aromatic heterocycles. The minimum atomic E-state index is -0.842. The maximum atomic E-state index is 13.1. The molecule has 0 saturated carbocycles. The van der Waals surface area contributed by atoms with Gasteiger partial charge in [0.1, 0.15) is 16.7 Å². The topological polar surface area (TPSA) is 87.2 Å². The first-order valence-electron chi connectivity index (χ1n) is 8.16. The van der Waals surface area contributed by atoms with Crippen molar-refractivity contribution in [2.45, 2.75) is 18.6 Å². The van der Waals surface area contributed by atoms with Crippen molar-refractivity contribution in [1.29, 1.82) is 5.26 Å². The predicted octanol–water partition coefficient (Wildman–Crippen LogP) is 3.67. The van der Waals surface area contributed by atoms with Crippen molar-refractivity contribution in [1.82, 2.24) is 0 Å². The molecule has 1 aliphatic heterocycles. The number of hydrogen-bond donors (Lipinski definition) is 1. The number of rotatable bonds is 4. The van der Waals surface area contributed by atoms with Gasteiger partial charge in [0, 0.05) is 10.2 Å². The van der Waals surface area contributed by atoms with Crippen molar-refractivity contribution < 1.29 is 9.59 Å². The zero-order valence-corrected chi connectivity index (χ0v) is 16.9. The summed E-state index contributed by atoms with van der Waals surface area (Å²) in [5, 5.41) is 9.25. The van der Waals surface area contributed by atoms with Gasteiger partial charge in [0.2, 0.25) is 5.91 Å². The van der Waals surface area contributed by atoms with Gasteiger partial charge in [0.15, 0.2) is 0 Å². The third-order valence-corrected chi connectivity index (χ3v) is 5.90. The van der Waals surface area contributed by atoms with Gasteiger partial charge in [-0.05, 0) is 43.2 Å². The number of amides is 2. The number of benzene rings is 2. The lowest BCUT2D eigenvalue weighted by atomic mass is 10.1. The molecule has 2 N–H and O–H groups in total. The van der Waals surface area contributed by atoms with Gasteiger partial charge in [-0.3, -0.25) is 14.5 Å². The molecule has 1 fully saturated rings. The summed E-state index contributed by atoms with van der Waals surface area (Å²) in [6.07, 6.45) is 0.499. The van der Waals surface area contributed by atoms with E-state index in [9.17, 15) is 14.9 Å². The number of thioether (sulfide) groups is 1. The Kier molecular flexibility index (Phi) is 5.68. The first kappa shape index (κ1) is 19.2. The molecule has 3 rings (SSSR count). The lowest BCUT2D eigenvalue weighted by molar-refractivity contribution is -0.117. The van der Waals surface area contributed by atoms with E-state index in [4.69, 9.17) is 5.73 Å². The summed E-state index contributed by atoms with van der Waals surface area (Å²) in [6, 6.07) is 16.9. The van der Waals surface area contributed by atoms with Crippen molar-refractivity contribution in [3.8, 4) is 6.07 Å². The molecule has 7 heteroatoms. The van der Waals surface area contributed by atoms with Crippen LogP contribution in [0.25, 0.3) is 0 Å². The highest BCUT2D eigenvalue weighted by molar-refractivity contribution is 9.10. The van der Waals surface area contributed by atoms with Crippen LogP contribution in [0.15, 0.2) is 63.6 Å². The van der Waals surface area contributed by atoms with Gasteiger partial charge < -0.3 is 5.73 Å². The van der Waals surface area contributed by atoms with Crippen molar-refractivity contribution in [3.63, 3.8) is 0 Å². The average molecular weight is 442 g/mol. The minimum Gasteiger partial charge on any atom is -0.365 e. The lowest BCUT2D eigenvalue weighted by Gasteiger charge is -2.18. The molecule has 1 heterocycles. The fourth-order valence-electron chi connectivity index (χ4n) is 2.88. The number of nitrogens with two attached hydrogens (primary N) is 1. The summed E-state index contributed by atoms with van der Waals surface area (Å²) >= 11 is 4.57. The highest BCUT2D eigenvalue weighted by atomic mass is 79.9. The molecule has 5 nitrogen and oxygen atoms in total. The number of halogens is 1. The van der Waals surface area contributed by atoms with Gasteiger partial charge >= 0.3 is 0 Å². The molecule has 0 unspecified atom stereocenters. The van der Waals surface area contributed by atoms with Gasteiger partial charge in [0.05, 0.1) is 5.25 Å². The van der Waals surface area contributed by atoms with Crippen LogP contribution in [0, 0.1) is 18.3 Å². The maximum absolute atomic E-state index is 13.1. The first-order chi connectivity index (χ1) is 12.9. The summed E-state index contributed by atoms with van der Waals surface area (Å²) in [7, 11) is 0. The van der Waals surface area contributed by atoms with E-state index < -0.39 is 11.2 Å². The largest absolute Gasteiger partial charge is 0.365 e. The van der Waals surface area contributed by atoms with Crippen LogP contribution in [0.3, 0.4) is 0 Å². The molecular weight excluding hydrogens is 426 g/mol. The monoisotopic (exact) mass is 441 g/mol. The Morgan fingerprint density at radius 2 is 2.00 bits per heavy atom. The van der Waals surface area contributed by atoms with E-state index in [2.05, 4.69) is 15.9 Å². The van der Waals surface area contributed by atoms with Crippen molar-refractivity contribution in [2.24, 2.45) is 5.73 Å². The first-order valence-corrected chi connectivity index (χ1v) is 9.84. The second-order valence-electron chi connectivity index (χ2n) is 6.11. The Morgan fingerprint density at radius 3 is 2.59 bits per heavy atom. The molecule has 136 valence electrons. The van der Waals surface area contributed by atoms with E-state index in [-0.39, 0.29) is 16.5 Å². The summed E-state index contributed by atoms with van der Waals surface area (Å²) in [5.74, 6) is -1.01. The Hall–Kier alpha value is -2.56. The highest BCUT2D eigenvalue weighted by Crippen LogP contribution is 2.42. The zero-order chi connectivity index (χ0) is 19.6. The van der Waals surface area contributed by atoms with Gasteiger partial charge in [0.25, 0.3) is 5.91 Å². The van der Waals surface area contributed by atoms with Crippen LogP contribution in [0.5, 0.6) is 0 Å². The third kappa shape index (κ3) is 4.07. The molecule has 27 heavy (non-hydrogen) atoms. The number of anilines is 1. The third-order valence-electron chi connectivity index (χ3n) is 4.11. The number of nitriles is 1. The normalized spacial score (nSPS) is 18.3. The van der Waals surface area contributed by atoms with Crippen LogP contribution in [0.4, 0.5) is 5.69 Å². The molecule has 2 aromatic carbocycles. The number of nitrogens with zero attached hydrogens (tertiary/aromatic N) is 2. The highest BCUT2D eigenvalue weighted by Gasteiger charge is 2.40. The van der Waals surface area contributed by atoms with E-state index in [0.29, 0.717) is 12.1 Å². The number of aryl methyl sites for hydroxylation is 1. The fourth-order valence-corrected chi connectivity index (χ4v) is 4.46. The zero-order valence-electron chi connectivity index (χ0n) is 14.5. The molecule has 0 radical (unpaired) electrons. The van der Waals surface area contributed by atoms with E-state index in [1.54, 1.807) is 24.3 Å². The summed E-state index contributed by atoms with van der Waals surface area (Å²) < 4.78 is 0.864. The van der Waals surface area contributed by atoms with E-state index in [1.165, 1.54) is 16.7 Å². The minimum absolute atomic E-state index is 0.173. The molecule has 0 aliphatic carbocycles. The molecule has 1 atom stereocenters. The van der Waals surface area contributed by atoms with Gasteiger partial charge in [-0.2, -0.15) is 5.26 Å². The van der Waals surface area contributed by atoms with Gasteiger partial charge in [-0.25, -0.2) is 0 Å². The van der Waals surface area contributed by atoms with Crippen LogP contribution < -0.4 is 10.6 Å². The molecule has 1 saturated heterocycles. The van der Waals surface area contributed by atoms with E-state index in [1.807, 2.05) is 37.3 Å². The van der Waals surface area contributed by atoms with Crippen LogP contribution >= 0.6 is 27.7 Å². The molecule has 2 aromatic rings. The van der Waals surface area contributed by atoms with Crippen LogP contribution in [0.1, 0.15) is 11.1 Å². The SMILES string of the molecule is Cc1cccc(C[C@@H]2S/C(=C(/C#N)C(N)=O)N(c3ccc(Br)cc3)C2=O)c1. The summed E-state index contributed by atoms with van der Waals surface area (Å²) in [5.41, 5.74) is 7.89. The van der Waals surface area contributed by atoms with Crippen molar-refractivity contribution in [2.75, 3.05) is 4.90 Å². The number of primary amides is 1. The smallest absolute Gasteiger partial charge is 0.262 e. The summed E-state index contributed by atoms with van der Waals surface area (Å²) in [4.78, 5) is 26.3. The van der Waals surface area contributed by atoms with Crippen LogP contribution in [0.2, 0.25) is 0 Å². The Labute approximate surface area is 170 Å². The fraction of sp³-hybridized carbons (Fsp3) is 0.150. The van der Waals surface area contributed by atoms with E-state index in [0.717, 1.165) is 15.6 Å². The maximum Gasteiger partial charge on any atom is 0.262 e. The standard InChI is InChI=1S/C20H16BrN3O2S/c1-12-3-2-4-13(9-12)10-17-19(26)24(15-7-5-14(21)6-8-15)20(27-17)16(11-22)18(23)25/h2-9,17H,10H2,1H3,(H2,23,25)/b20-16-/t17-/m0/s1. The average Bonchev–Trinajstić information content (AvgIpc) is 2.92. The summed E-state index contributed by atoms with van der Waals surface area (Å²) in [6.45, 7) is 1.99. The second kappa shape index (κ2) is 7.99. The van der Waals surface area contributed by atoms with Crippen LogP contribution in [-0.2, 0) is 16.0 Å². The quantitative estimate of drug-likeness (QED) is 0.578. The van der Waals surface area contributed by atoms with Gasteiger partial charge in [-0.1, -0.05) is 57.5 Å². The van der Waals surface area contributed by atoms with Crippen molar-refractivity contribution >= 4 is 45.2 Å². The van der Waals surface area contributed by atoms with Crippen molar-refractivity contribution in [3.05, 3.63) is 74.7 Å². The molecule has 0 spiro atoms. The molecular formula is C20H16BrN3O2S. The Morgan fingerprint density at radius 1 is 1.30 bits per heavy atom. The van der Waals surface area contributed by atoms with E-state index >= 15 is 0 Å². The lowest BCUT2D eigenvalue weighted by Crippen LogP contribution is -2.31. The van der Waals surface area contributed by atoms with Gasteiger partial charge in [-0.15, -0.1) is 0 Å². The van der Waals surface area contributed by atoms with Crippen LogP contribution in [-0.4, -0.2) is 17.1 Å². The Balaban J connectivity index is 2.03. The molecule has 2 amide bonds. The molecule has 0 bridgehead atoms. The number of carbonyl (C=O) groups is 2. The molecule has 1 aliphatic rings. The number of carbonyl (C=O) groups excluding carboxylic acids is 2. The second-order valence-corrected chi connectivity index (χ2v) is 8.21.